The molecule has 11 heteroatoms. The Morgan fingerprint density at radius 2 is 1.48 bits per heavy atom. The van der Waals surface area contributed by atoms with Gasteiger partial charge in [-0.25, -0.2) is 0 Å². The van der Waals surface area contributed by atoms with Gasteiger partial charge >= 0.3 is 19.5 Å². The molecule has 27 heavy (non-hydrogen) atoms. The first-order valence-corrected chi connectivity index (χ1v) is 10.0. The predicted molar refractivity (Wildman–Crippen MR) is 136 cm³/mol. The van der Waals surface area contributed by atoms with E-state index in [4.69, 9.17) is 5.73 Å². The molecule has 0 unspecified atom stereocenters. The van der Waals surface area contributed by atoms with Gasteiger partial charge < -0.3 is 71.0 Å². The van der Waals surface area contributed by atoms with Crippen LogP contribution in [0, 0.1) is 20.8 Å². The Labute approximate surface area is 209 Å². The van der Waals surface area contributed by atoms with Gasteiger partial charge in [-0.3, -0.25) is 0 Å². The number of hydrogen-bond acceptors (Lipinski definition) is 6. The maximum absolute atomic E-state index is 5.69. The van der Waals surface area contributed by atoms with Crippen molar-refractivity contribution >= 4 is 93.2 Å². The second-order valence-electron chi connectivity index (χ2n) is 5.33. The first kappa shape index (κ1) is 31.8. The fourth-order valence-corrected chi connectivity index (χ4v) is 1.73. The fraction of sp³-hybridized carbons (Fsp3) is 0.438. The van der Waals surface area contributed by atoms with Gasteiger partial charge in [0.1, 0.15) is 4.32 Å². The van der Waals surface area contributed by atoms with Gasteiger partial charge in [0, 0.05) is 32.9 Å². The third kappa shape index (κ3) is 19.2. The Balaban J connectivity index is -0.000000325. The smallest absolute Gasteiger partial charge is 0.412 e. The summed E-state index contributed by atoms with van der Waals surface area (Å²) in [7, 11) is 3.66. The van der Waals surface area contributed by atoms with Crippen LogP contribution in [0.2, 0.25) is 0 Å². The van der Waals surface area contributed by atoms with Gasteiger partial charge in [-0.15, -0.1) is 12.6 Å². The van der Waals surface area contributed by atoms with Crippen LogP contribution in [0.25, 0.3) is 0 Å². The van der Waals surface area contributed by atoms with E-state index in [1.165, 1.54) is 16.7 Å². The number of aryl methyl sites for hydroxylation is 1. The largest absolute Gasteiger partial charge is 2.00 e. The van der Waals surface area contributed by atoms with Gasteiger partial charge in [0.25, 0.3) is 0 Å². The van der Waals surface area contributed by atoms with Gasteiger partial charge in [-0.2, -0.15) is 0 Å². The standard InChI is InChI=1S/C9H13N.C4H8N2S4.C3H7NS2.Zn/c1-6-4-5-9(10)8(3)7(6)2;7-3(8)5-1-2-6-4(9)10;1-4(2)3(5)6;/h4-5H,10H2,1-3H3;1-2H2,(H2,5,7,8)(H2,6,9,10);1-2H3,(H,5,6);/q;;;+2/p-2. The van der Waals surface area contributed by atoms with Crippen LogP contribution in [0.5, 0.6) is 0 Å². The number of hydrogen-bond donors (Lipinski definition) is 4. The van der Waals surface area contributed by atoms with Crippen LogP contribution in [0.15, 0.2) is 12.1 Å². The Hall–Kier alpha value is 0.103. The Morgan fingerprint density at radius 3 is 1.81 bits per heavy atom. The quantitative estimate of drug-likeness (QED) is 0.118. The molecule has 0 amide bonds. The van der Waals surface area contributed by atoms with E-state index in [9.17, 15) is 0 Å². The first-order valence-electron chi connectivity index (χ1n) is 7.52. The SMILES string of the molecule is CN(C)C(=S)[S-].Cc1ccc(N)c(C)c1C.S=C([S-])NCCNC(=S)S.[Zn+2]. The van der Waals surface area contributed by atoms with E-state index in [1.54, 1.807) is 4.90 Å². The van der Waals surface area contributed by atoms with Crippen LogP contribution in [-0.2, 0) is 44.7 Å². The monoisotopic (exact) mass is 530 g/mol. The van der Waals surface area contributed by atoms with Gasteiger partial charge in [-0.1, -0.05) is 26.9 Å². The van der Waals surface area contributed by atoms with E-state index in [0.29, 0.717) is 26.1 Å². The first-order chi connectivity index (χ1) is 11.9. The molecule has 0 saturated heterocycles. The van der Waals surface area contributed by atoms with Crippen molar-refractivity contribution in [2.75, 3.05) is 32.9 Å². The van der Waals surface area contributed by atoms with Gasteiger partial charge in [-0.05, 0) is 43.5 Å². The van der Waals surface area contributed by atoms with Gasteiger partial charge in [0.15, 0.2) is 0 Å². The van der Waals surface area contributed by atoms with E-state index in [-0.39, 0.29) is 19.5 Å². The number of thiocarbonyl (C=S) groups is 3. The Bertz CT molecular complexity index is 568. The molecular formula is C16H26N4S6Zn. The molecule has 0 aliphatic heterocycles. The van der Waals surface area contributed by atoms with Crippen LogP contribution in [0.3, 0.4) is 0 Å². The molecule has 4 nitrogen and oxygen atoms in total. The molecule has 0 fully saturated rings. The van der Waals surface area contributed by atoms with Crippen molar-refractivity contribution in [1.29, 1.82) is 0 Å². The van der Waals surface area contributed by atoms with E-state index in [1.807, 2.05) is 20.2 Å². The molecule has 1 aromatic carbocycles. The van der Waals surface area contributed by atoms with Crippen molar-refractivity contribution < 1.29 is 19.5 Å². The second kappa shape index (κ2) is 18.2. The van der Waals surface area contributed by atoms with Crippen molar-refractivity contribution in [3.63, 3.8) is 0 Å². The van der Waals surface area contributed by atoms with E-state index < -0.39 is 0 Å². The molecule has 0 saturated carbocycles. The Morgan fingerprint density at radius 1 is 1.04 bits per heavy atom. The van der Waals surface area contributed by atoms with Crippen molar-refractivity contribution in [3.05, 3.63) is 28.8 Å². The minimum Gasteiger partial charge on any atom is -0.412 e. The number of anilines is 1. The summed E-state index contributed by atoms with van der Waals surface area (Å²) in [5.41, 5.74) is 10.4. The Kier molecular flexibility index (Phi) is 21.4. The predicted octanol–water partition coefficient (Wildman–Crippen LogP) is 2.78. The van der Waals surface area contributed by atoms with Crippen LogP contribution >= 0.6 is 49.3 Å². The van der Waals surface area contributed by atoms with Crippen LogP contribution in [0.4, 0.5) is 5.69 Å². The number of thiol groups is 1. The molecule has 148 valence electrons. The van der Waals surface area contributed by atoms with Crippen LogP contribution in [-0.4, -0.2) is 45.0 Å². The molecule has 1 rings (SSSR count). The van der Waals surface area contributed by atoms with Crippen molar-refractivity contribution in [2.45, 2.75) is 20.8 Å². The molecular weight excluding hydrogens is 506 g/mol. The minimum atomic E-state index is 0. The zero-order chi connectivity index (χ0) is 20.9. The molecule has 0 atom stereocenters. The molecule has 0 aliphatic carbocycles. The summed E-state index contributed by atoms with van der Waals surface area (Å²) < 4.78 is 1.37. The average molecular weight is 532 g/mol. The third-order valence-corrected chi connectivity index (χ3v) is 4.46. The maximum Gasteiger partial charge on any atom is 2.00 e. The zero-order valence-electron chi connectivity index (χ0n) is 16.3. The molecule has 0 aromatic heterocycles. The summed E-state index contributed by atoms with van der Waals surface area (Å²) in [6.45, 7) is 7.63. The van der Waals surface area contributed by atoms with E-state index >= 15 is 0 Å². The van der Waals surface area contributed by atoms with Crippen molar-refractivity contribution in [2.24, 2.45) is 0 Å². The second-order valence-corrected chi connectivity index (χ2v) is 8.59. The summed E-state index contributed by atoms with van der Waals surface area (Å²) in [4.78, 5) is 1.71. The molecule has 0 spiro atoms. The molecule has 0 bridgehead atoms. The number of benzene rings is 1. The van der Waals surface area contributed by atoms with Crippen LogP contribution < -0.4 is 16.4 Å². The average Bonchev–Trinajstić information content (AvgIpc) is 2.54. The van der Waals surface area contributed by atoms with Gasteiger partial charge in [0.2, 0.25) is 0 Å². The molecule has 0 heterocycles. The maximum atomic E-state index is 5.69. The molecule has 1 aromatic rings. The number of nitrogens with zero attached hydrogens (tertiary/aromatic N) is 1. The fourth-order valence-electron chi connectivity index (χ4n) is 1.31. The van der Waals surface area contributed by atoms with Crippen molar-refractivity contribution in [3.8, 4) is 0 Å². The number of nitrogens with one attached hydrogen (secondary N) is 2. The summed E-state index contributed by atoms with van der Waals surface area (Å²) >= 11 is 26.8. The van der Waals surface area contributed by atoms with Gasteiger partial charge in [0.05, 0.1) is 0 Å². The summed E-state index contributed by atoms with van der Waals surface area (Å²) in [6.07, 6.45) is 0. The third-order valence-electron chi connectivity index (χ3n) is 3.14. The summed E-state index contributed by atoms with van der Waals surface area (Å²) in [5.74, 6) is 0. The van der Waals surface area contributed by atoms with Crippen molar-refractivity contribution in [1.82, 2.24) is 15.5 Å². The number of nitrogens with two attached hydrogens (primary N) is 1. The minimum absolute atomic E-state index is 0. The number of rotatable bonds is 3. The zero-order valence-corrected chi connectivity index (χ0v) is 24.2. The normalized spacial score (nSPS) is 8.52. The molecule has 0 radical (unpaired) electrons. The summed E-state index contributed by atoms with van der Waals surface area (Å²) in [6, 6.07) is 4.01. The van der Waals surface area contributed by atoms with E-state index in [0.717, 1.165) is 5.69 Å². The number of nitrogen functional groups attached to an aromatic ring is 1. The topological polar surface area (TPSA) is 53.3 Å². The molecule has 0 aliphatic rings. The molecule has 4 N–H and O–H groups in total. The van der Waals surface area contributed by atoms with E-state index in [2.05, 4.69) is 112 Å². The summed E-state index contributed by atoms with van der Waals surface area (Å²) in [5, 5.41) is 5.62. The van der Waals surface area contributed by atoms with Crippen LogP contribution in [0.1, 0.15) is 16.7 Å².